The summed E-state index contributed by atoms with van der Waals surface area (Å²) in [5, 5.41) is 7.92. The Morgan fingerprint density at radius 2 is 1.48 bits per heavy atom. The summed E-state index contributed by atoms with van der Waals surface area (Å²) in [7, 11) is 0. The topological polar surface area (TPSA) is 97.7 Å². The van der Waals surface area contributed by atoms with Crippen molar-refractivity contribution < 1.29 is 42.3 Å². The van der Waals surface area contributed by atoms with E-state index in [1.165, 1.54) is 6.92 Å². The van der Waals surface area contributed by atoms with Crippen molar-refractivity contribution in [2.75, 3.05) is 0 Å². The summed E-state index contributed by atoms with van der Waals surface area (Å²) in [6, 6.07) is 0. The van der Waals surface area contributed by atoms with Crippen LogP contribution in [0.25, 0.3) is 0 Å². The number of esters is 2. The van der Waals surface area contributed by atoms with Crippen LogP contribution in [0.5, 0.6) is 0 Å². The molecule has 126 valence electrons. The van der Waals surface area contributed by atoms with Crippen molar-refractivity contribution in [1.82, 2.24) is 0 Å². The van der Waals surface area contributed by atoms with Gasteiger partial charge in [0.05, 0.1) is 0 Å². The number of rotatable bonds is 2. The van der Waals surface area contributed by atoms with Crippen LogP contribution in [0.4, 0.5) is 0 Å². The molecule has 1 heterocycles. The molecule has 0 aliphatic carbocycles. The molecule has 0 amide bonds. The van der Waals surface area contributed by atoms with Crippen LogP contribution in [0, 0.1) is 0 Å². The van der Waals surface area contributed by atoms with E-state index < -0.39 is 17.9 Å². The number of carbonyl (C=O) groups is 4. The average molecular weight is 753 g/mol. The minimum absolute atomic E-state index is 0. The number of hydrogen-bond acceptors (Lipinski definition) is 5. The zero-order valence-corrected chi connectivity index (χ0v) is 18.1. The van der Waals surface area contributed by atoms with Crippen LogP contribution in [-0.4, -0.2) is 28.8 Å². The number of carbonyl (C=O) groups excluding carboxylic acids is 3. The monoisotopic (exact) mass is 753 g/mol. The molecular weight excluding hydrogens is 736 g/mol. The molecule has 0 bridgehead atoms. The fourth-order valence-electron chi connectivity index (χ4n) is 0.492. The summed E-state index contributed by atoms with van der Waals surface area (Å²) in [5.74, 6) is -2.51. The maximum atomic E-state index is 10.00. The first-order valence-corrected chi connectivity index (χ1v) is 16.6. The van der Waals surface area contributed by atoms with E-state index in [4.69, 9.17) is 5.11 Å². The van der Waals surface area contributed by atoms with Gasteiger partial charge in [0, 0.05) is 18.2 Å². The standard InChI is InChI=1S/C5H6O3.C4H2O3.2CH4.I3.HI/c1-4(6)2-3-5(7)8;5-3-1-2-4(6)7-3;;;1-3-2;/h2-3H,1H3,(H,7,8);1-2H;2*1H4;;1H/q;;;;-1;/b3-2-;;;;;. The third kappa shape index (κ3) is 33.5. The maximum Gasteiger partial charge on any atom is 0.338 e. The molecule has 1 aliphatic heterocycles. The van der Waals surface area contributed by atoms with Crippen molar-refractivity contribution in [2.45, 2.75) is 21.8 Å². The van der Waals surface area contributed by atoms with Crippen molar-refractivity contribution in [3.05, 3.63) is 24.3 Å². The van der Waals surface area contributed by atoms with Gasteiger partial charge in [0.2, 0.25) is 0 Å². The largest absolute Gasteiger partial charge is 0.387 e. The van der Waals surface area contributed by atoms with E-state index in [0.717, 1.165) is 24.3 Å². The number of aliphatic carboxylic acids is 1. The van der Waals surface area contributed by atoms with Gasteiger partial charge in [0.25, 0.3) is 0 Å². The second-order valence-corrected chi connectivity index (χ2v) is 18.7. The van der Waals surface area contributed by atoms with E-state index in [0.29, 0.717) is 13.3 Å². The molecule has 10 heteroatoms. The van der Waals surface area contributed by atoms with Crippen molar-refractivity contribution in [3.63, 3.8) is 0 Å². The third-order valence-corrected chi connectivity index (χ3v) is 1.02. The van der Waals surface area contributed by atoms with E-state index in [1.54, 1.807) is 0 Å². The molecule has 1 rings (SSSR count). The first kappa shape index (κ1) is 33.3. The number of ketones is 1. The molecule has 1 N–H and O–H groups in total. The van der Waals surface area contributed by atoms with Crippen LogP contribution < -0.4 is 13.3 Å². The Labute approximate surface area is 171 Å². The number of cyclic esters (lactones) is 2. The van der Waals surface area contributed by atoms with Crippen LogP contribution in [-0.2, 0) is 23.9 Å². The quantitative estimate of drug-likeness (QED) is 0.191. The number of carboxylic acids is 1. The zero-order valence-electron chi connectivity index (χ0n) is 9.34. The smallest absolute Gasteiger partial charge is 0.338 e. The zero-order chi connectivity index (χ0) is 14.6. The van der Waals surface area contributed by atoms with E-state index in [-0.39, 0.29) is 44.6 Å². The first-order valence-electron chi connectivity index (χ1n) is 4.06. The maximum absolute atomic E-state index is 10.00. The predicted molar refractivity (Wildman–Crippen MR) is 105 cm³/mol. The molecule has 0 aromatic rings. The predicted octanol–water partition coefficient (Wildman–Crippen LogP) is 0.508. The van der Waals surface area contributed by atoms with Crippen molar-refractivity contribution in [2.24, 2.45) is 0 Å². The number of halogens is 4. The Morgan fingerprint density at radius 1 is 1.14 bits per heavy atom. The summed E-state index contributed by atoms with van der Waals surface area (Å²) in [6.45, 7) is 1.29. The Kier molecular flexibility index (Phi) is 36.4. The minimum atomic E-state index is -1.10. The number of hydrogen-bond donors (Lipinski definition) is 1. The molecule has 0 aromatic carbocycles. The molecule has 0 saturated heterocycles. The van der Waals surface area contributed by atoms with Gasteiger partial charge in [-0.2, -0.15) is 0 Å². The van der Waals surface area contributed by atoms with Crippen LogP contribution in [0.2, 0.25) is 0 Å². The third-order valence-electron chi connectivity index (χ3n) is 1.02. The van der Waals surface area contributed by atoms with Gasteiger partial charge in [0.1, 0.15) is 0 Å². The van der Waals surface area contributed by atoms with Gasteiger partial charge in [0.15, 0.2) is 5.78 Å². The van der Waals surface area contributed by atoms with Crippen molar-refractivity contribution in [1.29, 1.82) is 0 Å². The van der Waals surface area contributed by atoms with Gasteiger partial charge in [-0.15, -0.1) is 24.0 Å². The normalized spacial score (nSPS) is 10.6. The molecule has 0 aromatic heterocycles. The SMILES string of the molecule is C.C.CC(=O)/C=C\C(=O)O.I.I[I-]I.O=C1C=CC(=O)O1. The van der Waals surface area contributed by atoms with Crippen LogP contribution >= 0.6 is 61.2 Å². The summed E-state index contributed by atoms with van der Waals surface area (Å²) in [4.78, 5) is 39.5. The number of allylic oxidation sites excluding steroid dienone is 1. The molecular formula is C11H17I4O6-. The van der Waals surface area contributed by atoms with Crippen LogP contribution in [0.15, 0.2) is 24.3 Å². The van der Waals surface area contributed by atoms with Gasteiger partial charge < -0.3 is 9.84 Å². The van der Waals surface area contributed by atoms with Gasteiger partial charge in [-0.1, -0.05) is 14.9 Å². The number of ether oxygens (including phenoxy) is 1. The Balaban J connectivity index is -0.0000000613. The number of carboxylic acid groups (broad SMARTS) is 1. The summed E-state index contributed by atoms with van der Waals surface area (Å²) in [5.41, 5.74) is 0. The molecule has 0 fully saturated rings. The average Bonchev–Trinajstić information content (AvgIpc) is 2.61. The Morgan fingerprint density at radius 3 is 1.57 bits per heavy atom. The molecule has 1 aliphatic rings. The molecule has 21 heavy (non-hydrogen) atoms. The fourth-order valence-corrected chi connectivity index (χ4v) is 0.492. The van der Waals surface area contributed by atoms with Gasteiger partial charge in [-0.25, -0.2) is 14.4 Å². The molecule has 0 atom stereocenters. The molecule has 0 saturated carbocycles. The molecule has 0 radical (unpaired) electrons. The molecule has 0 spiro atoms. The second-order valence-electron chi connectivity index (χ2n) is 2.41. The Bertz CT molecular complexity index is 347. The van der Waals surface area contributed by atoms with Crippen molar-refractivity contribution in [3.8, 4) is 0 Å². The molecule has 0 unspecified atom stereocenters. The summed E-state index contributed by atoms with van der Waals surface area (Å²) < 4.78 is 3.97. The summed E-state index contributed by atoms with van der Waals surface area (Å²) >= 11 is 5.30. The van der Waals surface area contributed by atoms with Gasteiger partial charge >= 0.3 is 68.4 Å². The fraction of sp³-hybridized carbons (Fsp3) is 0.273. The van der Waals surface area contributed by atoms with Crippen LogP contribution in [0.3, 0.4) is 0 Å². The van der Waals surface area contributed by atoms with E-state index in [1.807, 2.05) is 0 Å². The van der Waals surface area contributed by atoms with Crippen LogP contribution in [0.1, 0.15) is 21.8 Å². The second kappa shape index (κ2) is 23.0. The minimum Gasteiger partial charge on any atom is -0.387 e. The van der Waals surface area contributed by atoms with E-state index in [2.05, 4.69) is 42.0 Å². The van der Waals surface area contributed by atoms with Gasteiger partial charge in [-0.3, -0.25) is 4.79 Å². The van der Waals surface area contributed by atoms with Crippen molar-refractivity contribution >= 4 is 84.9 Å². The van der Waals surface area contributed by atoms with Gasteiger partial charge in [-0.05, 0) is 13.0 Å². The Hall–Kier alpha value is 0.680. The first-order chi connectivity index (χ1) is 8.33. The molecule has 6 nitrogen and oxygen atoms in total. The summed E-state index contributed by atoms with van der Waals surface area (Å²) in [6.07, 6.45) is 3.98. The van der Waals surface area contributed by atoms with E-state index >= 15 is 0 Å². The van der Waals surface area contributed by atoms with E-state index in [9.17, 15) is 19.2 Å².